The second kappa shape index (κ2) is 6.66. The van der Waals surface area contributed by atoms with Gasteiger partial charge in [-0.05, 0) is 29.8 Å². The van der Waals surface area contributed by atoms with Crippen LogP contribution in [0.4, 0.5) is 20.2 Å². The van der Waals surface area contributed by atoms with Gasteiger partial charge in [0.15, 0.2) is 0 Å². The molecule has 0 unspecified atom stereocenters. The Morgan fingerprint density at radius 1 is 1.00 bits per heavy atom. The van der Waals surface area contributed by atoms with Crippen molar-refractivity contribution in [2.24, 2.45) is 4.99 Å². The van der Waals surface area contributed by atoms with E-state index in [2.05, 4.69) is 4.99 Å². The molecular formula is C17H16F2N2O. The smallest absolute Gasteiger partial charge is 0.148 e. The summed E-state index contributed by atoms with van der Waals surface area (Å²) in [4.78, 5) is 6.01. The van der Waals surface area contributed by atoms with Crippen LogP contribution in [0.15, 0.2) is 47.5 Å². The van der Waals surface area contributed by atoms with Gasteiger partial charge in [-0.2, -0.15) is 0 Å². The standard InChI is InChI=1S/C17H16F2N2O/c18-14-3-1-2-4-16(14)20-12-13-5-6-17(15(19)11-13)21-7-9-22-10-8-21/h1-6,11-12H,7-10H2. The molecule has 1 aliphatic heterocycles. The van der Waals surface area contributed by atoms with Gasteiger partial charge >= 0.3 is 0 Å². The van der Waals surface area contributed by atoms with Gasteiger partial charge < -0.3 is 9.64 Å². The highest BCUT2D eigenvalue weighted by atomic mass is 19.1. The summed E-state index contributed by atoms with van der Waals surface area (Å²) in [6.45, 7) is 2.57. The molecule has 1 fully saturated rings. The number of anilines is 1. The van der Waals surface area contributed by atoms with Gasteiger partial charge in [0, 0.05) is 19.3 Å². The molecule has 0 radical (unpaired) electrons. The lowest BCUT2D eigenvalue weighted by Gasteiger charge is -2.29. The van der Waals surface area contributed by atoms with Gasteiger partial charge in [-0.1, -0.05) is 18.2 Å². The summed E-state index contributed by atoms with van der Waals surface area (Å²) in [5, 5.41) is 0. The number of hydrogen-bond donors (Lipinski definition) is 0. The van der Waals surface area contributed by atoms with E-state index in [0.717, 1.165) is 0 Å². The Hall–Kier alpha value is -2.27. The van der Waals surface area contributed by atoms with Crippen LogP contribution in [-0.2, 0) is 4.74 Å². The van der Waals surface area contributed by atoms with Gasteiger partial charge in [-0.15, -0.1) is 0 Å². The number of ether oxygens (including phenoxy) is 1. The Morgan fingerprint density at radius 3 is 2.50 bits per heavy atom. The first-order valence-corrected chi connectivity index (χ1v) is 7.15. The Bertz CT molecular complexity index is 682. The zero-order valence-corrected chi connectivity index (χ0v) is 12.0. The van der Waals surface area contributed by atoms with Crippen molar-refractivity contribution in [3.63, 3.8) is 0 Å². The first-order valence-electron chi connectivity index (χ1n) is 7.15. The van der Waals surface area contributed by atoms with Crippen molar-refractivity contribution < 1.29 is 13.5 Å². The minimum Gasteiger partial charge on any atom is -0.378 e. The fourth-order valence-electron chi connectivity index (χ4n) is 2.36. The fourth-order valence-corrected chi connectivity index (χ4v) is 2.36. The number of hydrogen-bond acceptors (Lipinski definition) is 3. The Kier molecular flexibility index (Phi) is 4.44. The van der Waals surface area contributed by atoms with Crippen LogP contribution in [-0.4, -0.2) is 32.5 Å². The second-order valence-electron chi connectivity index (χ2n) is 5.02. The molecule has 2 aromatic rings. The lowest BCUT2D eigenvalue weighted by molar-refractivity contribution is 0.122. The zero-order valence-electron chi connectivity index (χ0n) is 12.0. The molecule has 0 aromatic heterocycles. The summed E-state index contributed by atoms with van der Waals surface area (Å²) in [6.07, 6.45) is 1.46. The van der Waals surface area contributed by atoms with Crippen molar-refractivity contribution in [1.82, 2.24) is 0 Å². The molecule has 0 saturated carbocycles. The van der Waals surface area contributed by atoms with Crippen LogP contribution >= 0.6 is 0 Å². The second-order valence-corrected chi connectivity index (χ2v) is 5.02. The lowest BCUT2D eigenvalue weighted by Crippen LogP contribution is -2.36. The average Bonchev–Trinajstić information content (AvgIpc) is 2.55. The van der Waals surface area contributed by atoms with E-state index < -0.39 is 5.82 Å². The monoisotopic (exact) mass is 302 g/mol. The quantitative estimate of drug-likeness (QED) is 0.810. The van der Waals surface area contributed by atoms with E-state index in [4.69, 9.17) is 4.74 Å². The summed E-state index contributed by atoms with van der Waals surface area (Å²) in [5.74, 6) is -0.705. The molecule has 22 heavy (non-hydrogen) atoms. The lowest BCUT2D eigenvalue weighted by atomic mass is 10.2. The summed E-state index contributed by atoms with van der Waals surface area (Å²) >= 11 is 0. The molecule has 0 N–H and O–H groups in total. The molecule has 5 heteroatoms. The van der Waals surface area contributed by atoms with Gasteiger partial charge in [-0.25, -0.2) is 8.78 Å². The highest BCUT2D eigenvalue weighted by Crippen LogP contribution is 2.22. The van der Waals surface area contributed by atoms with Crippen molar-refractivity contribution in [3.05, 3.63) is 59.7 Å². The highest BCUT2D eigenvalue weighted by Gasteiger charge is 2.14. The van der Waals surface area contributed by atoms with Crippen LogP contribution < -0.4 is 4.90 Å². The molecule has 0 aliphatic carbocycles. The molecule has 114 valence electrons. The SMILES string of the molecule is Fc1ccccc1N=Cc1ccc(N2CCOCC2)c(F)c1. The zero-order chi connectivity index (χ0) is 15.4. The van der Waals surface area contributed by atoms with Crippen molar-refractivity contribution in [1.29, 1.82) is 0 Å². The van der Waals surface area contributed by atoms with E-state index in [1.54, 1.807) is 30.3 Å². The Balaban J connectivity index is 1.78. The number of aliphatic imine (C=N–C) groups is 1. The minimum atomic E-state index is -0.399. The fraction of sp³-hybridized carbons (Fsp3) is 0.235. The predicted octanol–water partition coefficient (Wildman–Crippen LogP) is 3.55. The molecule has 2 aromatic carbocycles. The Labute approximate surface area is 127 Å². The number of benzene rings is 2. The van der Waals surface area contributed by atoms with E-state index in [9.17, 15) is 8.78 Å². The third-order valence-electron chi connectivity index (χ3n) is 3.53. The summed E-state index contributed by atoms with van der Waals surface area (Å²) in [7, 11) is 0. The van der Waals surface area contributed by atoms with Crippen LogP contribution in [0.3, 0.4) is 0 Å². The number of halogens is 2. The third kappa shape index (κ3) is 3.31. The molecule has 0 bridgehead atoms. The number of para-hydroxylation sites is 1. The largest absolute Gasteiger partial charge is 0.378 e. The van der Waals surface area contributed by atoms with E-state index >= 15 is 0 Å². The van der Waals surface area contributed by atoms with E-state index in [-0.39, 0.29) is 11.5 Å². The van der Waals surface area contributed by atoms with Crippen molar-refractivity contribution in [3.8, 4) is 0 Å². The van der Waals surface area contributed by atoms with E-state index in [1.807, 2.05) is 4.90 Å². The van der Waals surface area contributed by atoms with Gasteiger partial charge in [0.1, 0.15) is 11.6 Å². The van der Waals surface area contributed by atoms with Gasteiger partial charge in [0.25, 0.3) is 0 Å². The first-order chi connectivity index (χ1) is 10.7. The van der Waals surface area contributed by atoms with Crippen LogP contribution in [0.5, 0.6) is 0 Å². The molecule has 1 saturated heterocycles. The molecule has 0 amide bonds. The average molecular weight is 302 g/mol. The van der Waals surface area contributed by atoms with Gasteiger partial charge in [0.05, 0.1) is 24.6 Å². The number of rotatable bonds is 3. The van der Waals surface area contributed by atoms with Crippen molar-refractivity contribution in [2.45, 2.75) is 0 Å². The molecule has 3 rings (SSSR count). The predicted molar refractivity (Wildman–Crippen MR) is 83.1 cm³/mol. The third-order valence-corrected chi connectivity index (χ3v) is 3.53. The van der Waals surface area contributed by atoms with Crippen LogP contribution in [0.25, 0.3) is 0 Å². The normalized spacial score (nSPS) is 15.5. The molecule has 1 aliphatic rings. The van der Waals surface area contributed by atoms with Crippen LogP contribution in [0.1, 0.15) is 5.56 Å². The topological polar surface area (TPSA) is 24.8 Å². The van der Waals surface area contributed by atoms with Gasteiger partial charge in [-0.3, -0.25) is 4.99 Å². The van der Waals surface area contributed by atoms with E-state index in [0.29, 0.717) is 37.6 Å². The van der Waals surface area contributed by atoms with Crippen molar-refractivity contribution in [2.75, 3.05) is 31.2 Å². The van der Waals surface area contributed by atoms with Crippen LogP contribution in [0, 0.1) is 11.6 Å². The highest BCUT2D eigenvalue weighted by molar-refractivity contribution is 5.82. The number of nitrogens with zero attached hydrogens (tertiary/aromatic N) is 2. The summed E-state index contributed by atoms with van der Waals surface area (Å²) in [5.41, 5.74) is 1.39. The molecular weight excluding hydrogens is 286 g/mol. The molecule has 0 spiro atoms. The maximum absolute atomic E-state index is 14.2. The van der Waals surface area contributed by atoms with Gasteiger partial charge in [0.2, 0.25) is 0 Å². The van der Waals surface area contributed by atoms with Crippen LogP contribution in [0.2, 0.25) is 0 Å². The summed E-state index contributed by atoms with van der Waals surface area (Å²) in [6, 6.07) is 11.1. The molecule has 3 nitrogen and oxygen atoms in total. The maximum atomic E-state index is 14.2. The van der Waals surface area contributed by atoms with E-state index in [1.165, 1.54) is 18.3 Å². The maximum Gasteiger partial charge on any atom is 0.148 e. The molecule has 1 heterocycles. The molecule has 0 atom stereocenters. The summed E-state index contributed by atoms with van der Waals surface area (Å²) < 4.78 is 33.0. The van der Waals surface area contributed by atoms with Crippen molar-refractivity contribution >= 4 is 17.6 Å². The number of morpholine rings is 1. The Morgan fingerprint density at radius 2 is 1.77 bits per heavy atom. The minimum absolute atomic E-state index is 0.236. The first kappa shape index (κ1) is 14.7.